The van der Waals surface area contributed by atoms with Crippen LogP contribution in [0, 0.1) is 0 Å². The van der Waals surface area contributed by atoms with Crippen LogP contribution < -0.4 is 0 Å². The Labute approximate surface area is 156 Å². The number of likely N-dealkylation sites (tertiary alicyclic amines) is 1. The first-order valence-corrected chi connectivity index (χ1v) is 9.96. The number of amides is 1. The highest BCUT2D eigenvalue weighted by atomic mass is 32.2. The lowest BCUT2D eigenvalue weighted by Gasteiger charge is -2.24. The van der Waals surface area contributed by atoms with Crippen molar-refractivity contribution >= 4 is 32.9 Å². The second-order valence-corrected chi connectivity index (χ2v) is 9.67. The maximum Gasteiger partial charge on any atom is 0.432 e. The molecule has 10 heteroatoms. The van der Waals surface area contributed by atoms with Crippen LogP contribution in [0.15, 0.2) is 29.3 Å². The van der Waals surface area contributed by atoms with Crippen LogP contribution in [0.5, 0.6) is 0 Å². The summed E-state index contributed by atoms with van der Waals surface area (Å²) >= 11 is 0. The van der Waals surface area contributed by atoms with E-state index in [4.69, 9.17) is 9.84 Å². The number of benzene rings is 1. The molecule has 146 valence electrons. The summed E-state index contributed by atoms with van der Waals surface area (Å²) in [7, 11) is -3.69. The number of sulfone groups is 1. The maximum atomic E-state index is 12.9. The van der Waals surface area contributed by atoms with Crippen molar-refractivity contribution in [2.75, 3.05) is 13.1 Å². The standard InChI is InChI=1S/C17H21N3O6S/c1-17(2,3)26-16(23)19-7-6-13(10-19)27(24,25)12-4-5-14-11(8-12)9-18-20(14)15(21)22/h4-5,8-9,13H,6-7,10H2,1-3H3,(H,21,22). The molecule has 2 heterocycles. The summed E-state index contributed by atoms with van der Waals surface area (Å²) in [5.41, 5.74) is -0.341. The van der Waals surface area contributed by atoms with E-state index in [0.717, 1.165) is 4.68 Å². The van der Waals surface area contributed by atoms with Crippen molar-refractivity contribution in [3.8, 4) is 0 Å². The van der Waals surface area contributed by atoms with Gasteiger partial charge in [-0.05, 0) is 45.4 Å². The van der Waals surface area contributed by atoms with E-state index in [9.17, 15) is 18.0 Å². The first kappa shape index (κ1) is 19.2. The summed E-state index contributed by atoms with van der Waals surface area (Å²) in [5, 5.41) is 12.5. The number of carbonyl (C=O) groups excluding carboxylic acids is 1. The summed E-state index contributed by atoms with van der Waals surface area (Å²) in [6, 6.07) is 4.20. The third kappa shape index (κ3) is 3.75. The minimum Gasteiger partial charge on any atom is -0.463 e. The smallest absolute Gasteiger partial charge is 0.432 e. The number of ether oxygens (including phenoxy) is 1. The molecule has 3 rings (SSSR count). The van der Waals surface area contributed by atoms with Gasteiger partial charge in [0.2, 0.25) is 0 Å². The molecule has 2 aromatic rings. The van der Waals surface area contributed by atoms with Crippen molar-refractivity contribution in [3.05, 3.63) is 24.4 Å². The van der Waals surface area contributed by atoms with Gasteiger partial charge in [-0.15, -0.1) is 0 Å². The fraction of sp³-hybridized carbons (Fsp3) is 0.471. The van der Waals surface area contributed by atoms with Crippen LogP contribution in [-0.4, -0.2) is 64.3 Å². The molecule has 1 aromatic carbocycles. The van der Waals surface area contributed by atoms with Gasteiger partial charge in [-0.25, -0.2) is 18.0 Å². The van der Waals surface area contributed by atoms with E-state index in [1.807, 2.05) is 0 Å². The Morgan fingerprint density at radius 3 is 2.63 bits per heavy atom. The van der Waals surface area contributed by atoms with Crippen molar-refractivity contribution in [3.63, 3.8) is 0 Å². The Bertz CT molecular complexity index is 1010. The van der Waals surface area contributed by atoms with Gasteiger partial charge in [0.15, 0.2) is 9.84 Å². The van der Waals surface area contributed by atoms with Gasteiger partial charge in [0.25, 0.3) is 0 Å². The predicted molar refractivity (Wildman–Crippen MR) is 96.6 cm³/mol. The molecule has 0 aliphatic carbocycles. The summed E-state index contributed by atoms with van der Waals surface area (Å²) < 4.78 is 32.0. The Hall–Kier alpha value is -2.62. The average Bonchev–Trinajstić information content (AvgIpc) is 3.20. The summed E-state index contributed by atoms with van der Waals surface area (Å²) in [4.78, 5) is 24.7. The van der Waals surface area contributed by atoms with Gasteiger partial charge in [0, 0.05) is 18.5 Å². The Morgan fingerprint density at radius 1 is 1.30 bits per heavy atom. The van der Waals surface area contributed by atoms with Gasteiger partial charge >= 0.3 is 12.2 Å². The lowest BCUT2D eigenvalue weighted by atomic mass is 10.2. The lowest BCUT2D eigenvalue weighted by molar-refractivity contribution is 0.0295. The van der Waals surface area contributed by atoms with Crippen molar-refractivity contribution in [1.82, 2.24) is 14.7 Å². The van der Waals surface area contributed by atoms with E-state index in [2.05, 4.69) is 5.10 Å². The summed E-state index contributed by atoms with van der Waals surface area (Å²) in [5.74, 6) is 0. The molecule has 1 amide bonds. The molecule has 0 spiro atoms. The molecule has 0 saturated carbocycles. The molecule has 1 unspecified atom stereocenters. The van der Waals surface area contributed by atoms with Crippen molar-refractivity contribution in [2.45, 2.75) is 42.9 Å². The zero-order valence-electron chi connectivity index (χ0n) is 15.2. The van der Waals surface area contributed by atoms with Crippen LogP contribution in [0.25, 0.3) is 10.9 Å². The summed E-state index contributed by atoms with van der Waals surface area (Å²) in [6.45, 7) is 5.62. The molecule has 27 heavy (non-hydrogen) atoms. The van der Waals surface area contributed by atoms with E-state index in [1.165, 1.54) is 29.3 Å². The van der Waals surface area contributed by atoms with Gasteiger partial charge < -0.3 is 14.7 Å². The van der Waals surface area contributed by atoms with Gasteiger partial charge in [-0.2, -0.15) is 9.78 Å². The molecule has 9 nitrogen and oxygen atoms in total. The van der Waals surface area contributed by atoms with E-state index in [-0.39, 0.29) is 11.4 Å². The van der Waals surface area contributed by atoms with Gasteiger partial charge in [0.1, 0.15) is 5.60 Å². The highest BCUT2D eigenvalue weighted by molar-refractivity contribution is 7.92. The second-order valence-electron chi connectivity index (χ2n) is 7.44. The van der Waals surface area contributed by atoms with Crippen molar-refractivity contribution < 1.29 is 27.9 Å². The first-order chi connectivity index (χ1) is 12.5. The largest absolute Gasteiger partial charge is 0.463 e. The van der Waals surface area contributed by atoms with Crippen molar-refractivity contribution in [1.29, 1.82) is 0 Å². The molecule has 1 aliphatic heterocycles. The maximum absolute atomic E-state index is 12.9. The van der Waals surface area contributed by atoms with E-state index >= 15 is 0 Å². The zero-order chi connectivity index (χ0) is 20.0. The summed E-state index contributed by atoms with van der Waals surface area (Å²) in [6.07, 6.45) is -0.152. The molecule has 1 aromatic heterocycles. The topological polar surface area (TPSA) is 119 Å². The monoisotopic (exact) mass is 395 g/mol. The number of fused-ring (bicyclic) bond motifs is 1. The minimum atomic E-state index is -3.69. The van der Waals surface area contributed by atoms with Crippen LogP contribution in [-0.2, 0) is 14.6 Å². The van der Waals surface area contributed by atoms with Crippen LogP contribution in [0.3, 0.4) is 0 Å². The SMILES string of the molecule is CC(C)(C)OC(=O)N1CCC(S(=O)(=O)c2ccc3c(cnn3C(=O)O)c2)C1. The van der Waals surface area contributed by atoms with Gasteiger partial charge in [0.05, 0.1) is 21.9 Å². The molecule has 1 fully saturated rings. The Morgan fingerprint density at radius 2 is 2.00 bits per heavy atom. The van der Waals surface area contributed by atoms with Crippen LogP contribution >= 0.6 is 0 Å². The number of carbonyl (C=O) groups is 2. The number of rotatable bonds is 2. The lowest BCUT2D eigenvalue weighted by Crippen LogP contribution is -2.36. The normalized spacial score (nSPS) is 18.0. The second kappa shape index (κ2) is 6.52. The van der Waals surface area contributed by atoms with Gasteiger partial charge in [-0.3, -0.25) is 0 Å². The molecular weight excluding hydrogens is 374 g/mol. The Balaban J connectivity index is 1.82. The Kier molecular flexibility index (Phi) is 4.62. The molecule has 0 radical (unpaired) electrons. The highest BCUT2D eigenvalue weighted by Crippen LogP contribution is 2.27. The molecule has 0 bridgehead atoms. The molecule has 1 aliphatic rings. The quantitative estimate of drug-likeness (QED) is 0.829. The van der Waals surface area contributed by atoms with E-state index in [0.29, 0.717) is 23.9 Å². The number of aromatic nitrogens is 2. The fourth-order valence-electron chi connectivity index (χ4n) is 3.01. The molecule has 1 atom stereocenters. The molecule has 1 N–H and O–H groups in total. The van der Waals surface area contributed by atoms with Gasteiger partial charge in [-0.1, -0.05) is 0 Å². The average molecular weight is 395 g/mol. The highest BCUT2D eigenvalue weighted by Gasteiger charge is 2.37. The van der Waals surface area contributed by atoms with Crippen LogP contribution in [0.1, 0.15) is 27.2 Å². The number of carboxylic acid groups (broad SMARTS) is 1. The third-order valence-corrected chi connectivity index (χ3v) is 6.46. The predicted octanol–water partition coefficient (Wildman–Crippen LogP) is 2.35. The first-order valence-electron chi connectivity index (χ1n) is 8.42. The number of nitrogens with zero attached hydrogens (tertiary/aromatic N) is 3. The van der Waals surface area contributed by atoms with Crippen LogP contribution in [0.2, 0.25) is 0 Å². The van der Waals surface area contributed by atoms with E-state index < -0.39 is 32.9 Å². The zero-order valence-corrected chi connectivity index (χ0v) is 16.1. The van der Waals surface area contributed by atoms with Crippen molar-refractivity contribution in [2.24, 2.45) is 0 Å². The minimum absolute atomic E-state index is 0.0592. The fourth-order valence-corrected chi connectivity index (χ4v) is 4.73. The number of hydrogen-bond donors (Lipinski definition) is 1. The molecule has 1 saturated heterocycles. The third-order valence-electron chi connectivity index (χ3n) is 4.28. The number of hydrogen-bond acceptors (Lipinski definition) is 6. The van der Waals surface area contributed by atoms with E-state index in [1.54, 1.807) is 20.8 Å². The van der Waals surface area contributed by atoms with Crippen LogP contribution in [0.4, 0.5) is 9.59 Å². The molecular formula is C17H21N3O6S.